The summed E-state index contributed by atoms with van der Waals surface area (Å²) in [5.41, 5.74) is -7.15. The van der Waals surface area contributed by atoms with E-state index < -0.39 is 76.1 Å². The van der Waals surface area contributed by atoms with Crippen LogP contribution >= 0.6 is 0 Å². The first-order chi connectivity index (χ1) is 14.6. The van der Waals surface area contributed by atoms with E-state index in [0.717, 1.165) is 0 Å². The van der Waals surface area contributed by atoms with Gasteiger partial charge in [0.25, 0.3) is 0 Å². The van der Waals surface area contributed by atoms with Gasteiger partial charge in [0.15, 0.2) is 11.4 Å². The van der Waals surface area contributed by atoms with Gasteiger partial charge in [-0.3, -0.25) is 9.59 Å². The molecule has 0 aromatic rings. The Morgan fingerprint density at radius 2 is 1.81 bits per heavy atom. The third-order valence-corrected chi connectivity index (χ3v) is 8.80. The number of fused-ring (bicyclic) bond motifs is 5. The Balaban J connectivity index is 0.00000141. The molecule has 0 spiro atoms. The van der Waals surface area contributed by atoms with E-state index in [0.29, 0.717) is 0 Å². The number of ketones is 1. The number of epoxide rings is 1. The number of rotatable bonds is 2. The molecule has 0 aromatic carbocycles. The second-order valence-electron chi connectivity index (χ2n) is 10.6. The van der Waals surface area contributed by atoms with E-state index in [-0.39, 0.29) is 12.0 Å². The number of hydrogen-bond acceptors (Lipinski definition) is 8. The minimum absolute atomic E-state index is 0.249. The quantitative estimate of drug-likeness (QED) is 0.360. The maximum atomic E-state index is 13.0. The second-order valence-corrected chi connectivity index (χ2v) is 10.6. The Hall–Kier alpha value is -1.32. The Morgan fingerprint density at radius 3 is 2.31 bits per heavy atom. The fraction of sp³-hybridized carbons (Fsp3) is 0.833. The van der Waals surface area contributed by atoms with Crippen LogP contribution in [0.1, 0.15) is 61.8 Å². The molecule has 4 N–H and O–H groups in total. The normalized spacial score (nSPS) is 50.6. The van der Waals surface area contributed by atoms with Crippen molar-refractivity contribution < 1.29 is 39.5 Å². The minimum atomic E-state index is -2.31. The standard InChI is InChI=1S/C22H32O8.C2H6/c1-10-7-13-21(27)11(2)8-19(6,29-12(3)24)18(4,5)14(21)16-20(9-23,30-16)17(26)22(13,28)15(10)25;1-2/h7,11,13-14,16-17,23,26-28H,8-9H2,1-6H3;1-2H3/t11-,13+,14+,16?,17-,19-,20?,21+,22-;/m1./s1. The highest BCUT2D eigenvalue weighted by Crippen LogP contribution is 2.69. The Kier molecular flexibility index (Phi) is 5.80. The van der Waals surface area contributed by atoms with Gasteiger partial charge >= 0.3 is 5.97 Å². The molecule has 0 aromatic heterocycles. The van der Waals surface area contributed by atoms with Crippen LogP contribution in [0.4, 0.5) is 0 Å². The molecule has 1 saturated heterocycles. The summed E-state index contributed by atoms with van der Waals surface area (Å²) in [7, 11) is 0. The summed E-state index contributed by atoms with van der Waals surface area (Å²) in [6.07, 6.45) is -0.722. The molecule has 32 heavy (non-hydrogen) atoms. The molecule has 8 heteroatoms. The summed E-state index contributed by atoms with van der Waals surface area (Å²) in [5.74, 6) is -3.47. The number of esters is 1. The van der Waals surface area contributed by atoms with Crippen LogP contribution in [0, 0.1) is 23.2 Å². The van der Waals surface area contributed by atoms with Crippen LogP contribution in [0.15, 0.2) is 11.6 Å². The van der Waals surface area contributed by atoms with Crippen LogP contribution in [-0.2, 0) is 19.1 Å². The van der Waals surface area contributed by atoms with Gasteiger partial charge in [-0.15, -0.1) is 0 Å². The van der Waals surface area contributed by atoms with E-state index in [4.69, 9.17) is 9.47 Å². The molecular weight excluding hydrogens is 416 g/mol. The zero-order valence-corrected chi connectivity index (χ0v) is 20.3. The molecule has 3 fully saturated rings. The molecule has 2 saturated carbocycles. The largest absolute Gasteiger partial charge is 0.459 e. The molecule has 182 valence electrons. The molecule has 1 heterocycles. The van der Waals surface area contributed by atoms with Gasteiger partial charge in [0.1, 0.15) is 17.3 Å². The average Bonchev–Trinajstić information content (AvgIpc) is 3.38. The van der Waals surface area contributed by atoms with Gasteiger partial charge in [-0.1, -0.05) is 40.7 Å². The molecule has 0 amide bonds. The Morgan fingerprint density at radius 1 is 1.25 bits per heavy atom. The van der Waals surface area contributed by atoms with Gasteiger partial charge in [0, 0.05) is 24.2 Å². The fourth-order valence-electron chi connectivity index (χ4n) is 6.88. The molecule has 0 radical (unpaired) electrons. The predicted molar refractivity (Wildman–Crippen MR) is 115 cm³/mol. The lowest BCUT2D eigenvalue weighted by Gasteiger charge is -2.62. The maximum Gasteiger partial charge on any atom is 0.303 e. The Labute approximate surface area is 189 Å². The summed E-state index contributed by atoms with van der Waals surface area (Å²) < 4.78 is 11.6. The first kappa shape index (κ1) is 25.3. The zero-order valence-electron chi connectivity index (χ0n) is 20.3. The number of aliphatic hydroxyl groups is 4. The molecule has 0 bridgehead atoms. The summed E-state index contributed by atoms with van der Waals surface area (Å²) in [6.45, 7) is 13.5. The highest BCUT2D eigenvalue weighted by molar-refractivity contribution is 6.05. The topological polar surface area (TPSA) is 137 Å². The van der Waals surface area contributed by atoms with Crippen molar-refractivity contribution in [2.24, 2.45) is 23.2 Å². The Bertz CT molecular complexity index is 851. The number of carbonyl (C=O) groups excluding carboxylic acids is 2. The predicted octanol–water partition coefficient (Wildman–Crippen LogP) is 1.13. The lowest BCUT2D eigenvalue weighted by Crippen LogP contribution is -2.71. The number of aliphatic hydroxyl groups excluding tert-OH is 2. The summed E-state index contributed by atoms with van der Waals surface area (Å²) in [4.78, 5) is 24.9. The van der Waals surface area contributed by atoms with Crippen LogP contribution < -0.4 is 0 Å². The molecule has 2 unspecified atom stereocenters. The minimum Gasteiger partial charge on any atom is -0.459 e. The zero-order chi connectivity index (χ0) is 24.7. The van der Waals surface area contributed by atoms with Gasteiger partial charge in [-0.25, -0.2) is 0 Å². The monoisotopic (exact) mass is 454 g/mol. The SMILES string of the molecule is CC.CC(=O)O[C@]1(C)C[C@@H](C)[C@]2(O)[C@@H]3C=C(C)C(=O)[C@@]3(O)[C@H](O)C3(CO)OC3[C@H]2C1(C)C. The van der Waals surface area contributed by atoms with Crippen LogP contribution in [0.2, 0.25) is 0 Å². The molecule has 1 aliphatic heterocycles. The molecule has 3 aliphatic carbocycles. The van der Waals surface area contributed by atoms with Crippen molar-refractivity contribution in [2.75, 3.05) is 6.61 Å². The second kappa shape index (κ2) is 7.34. The van der Waals surface area contributed by atoms with Crippen LogP contribution in [0.5, 0.6) is 0 Å². The number of carbonyl (C=O) groups is 2. The van der Waals surface area contributed by atoms with Gasteiger partial charge in [-0.2, -0.15) is 0 Å². The average molecular weight is 455 g/mol. The van der Waals surface area contributed by atoms with Crippen molar-refractivity contribution in [1.29, 1.82) is 0 Å². The van der Waals surface area contributed by atoms with E-state index in [9.17, 15) is 30.0 Å². The van der Waals surface area contributed by atoms with Crippen molar-refractivity contribution in [3.8, 4) is 0 Å². The fourth-order valence-corrected chi connectivity index (χ4v) is 6.88. The van der Waals surface area contributed by atoms with Crippen molar-refractivity contribution in [3.63, 3.8) is 0 Å². The van der Waals surface area contributed by atoms with E-state index in [1.807, 2.05) is 34.6 Å². The first-order valence-corrected chi connectivity index (χ1v) is 11.5. The van der Waals surface area contributed by atoms with Crippen LogP contribution in [-0.4, -0.2) is 73.4 Å². The highest BCUT2D eigenvalue weighted by atomic mass is 16.6. The van der Waals surface area contributed by atoms with Gasteiger partial charge in [0.05, 0.1) is 18.3 Å². The molecule has 4 rings (SSSR count). The third-order valence-electron chi connectivity index (χ3n) is 8.80. The van der Waals surface area contributed by atoms with Gasteiger partial charge < -0.3 is 29.9 Å². The van der Waals surface area contributed by atoms with Crippen molar-refractivity contribution >= 4 is 11.8 Å². The highest BCUT2D eigenvalue weighted by Gasteiger charge is 2.84. The van der Waals surface area contributed by atoms with E-state index in [1.165, 1.54) is 13.0 Å². The van der Waals surface area contributed by atoms with Gasteiger partial charge in [0.2, 0.25) is 0 Å². The lowest BCUT2D eigenvalue weighted by atomic mass is 9.47. The third kappa shape index (κ3) is 2.73. The van der Waals surface area contributed by atoms with Crippen molar-refractivity contribution in [1.82, 2.24) is 0 Å². The number of ether oxygens (including phenoxy) is 2. The molecule has 9 atom stereocenters. The summed E-state index contributed by atoms with van der Waals surface area (Å²) in [5, 5.41) is 45.2. The summed E-state index contributed by atoms with van der Waals surface area (Å²) >= 11 is 0. The van der Waals surface area contributed by atoms with Crippen LogP contribution in [0.25, 0.3) is 0 Å². The lowest BCUT2D eigenvalue weighted by molar-refractivity contribution is -0.265. The number of Topliss-reactive ketones (excluding diaryl/α,β-unsaturated/α-hetero) is 1. The van der Waals surface area contributed by atoms with E-state index in [1.54, 1.807) is 13.8 Å². The van der Waals surface area contributed by atoms with Crippen LogP contribution in [0.3, 0.4) is 0 Å². The summed E-state index contributed by atoms with van der Waals surface area (Å²) in [6, 6.07) is 0. The number of hydrogen-bond donors (Lipinski definition) is 4. The van der Waals surface area contributed by atoms with Crippen molar-refractivity contribution in [3.05, 3.63) is 11.6 Å². The molecule has 4 aliphatic rings. The van der Waals surface area contributed by atoms with E-state index in [2.05, 4.69) is 0 Å². The van der Waals surface area contributed by atoms with Gasteiger partial charge in [-0.05, 0) is 31.8 Å². The maximum absolute atomic E-state index is 13.0. The smallest absolute Gasteiger partial charge is 0.303 e. The van der Waals surface area contributed by atoms with Crippen molar-refractivity contribution in [2.45, 2.75) is 96.4 Å². The first-order valence-electron chi connectivity index (χ1n) is 11.5. The molecular formula is C24H38O8. The molecule has 8 nitrogen and oxygen atoms in total. The van der Waals surface area contributed by atoms with E-state index >= 15 is 0 Å².